The molecule has 7 nitrogen and oxygen atoms in total. The van der Waals surface area contributed by atoms with E-state index in [2.05, 4.69) is 10.0 Å². The highest BCUT2D eigenvalue weighted by Crippen LogP contribution is 2.27. The minimum Gasteiger partial charge on any atom is -0.314 e. The standard InChI is InChI=1S/C12H16FN3O4S.ClH/c1-8-7-9(5-6-14-8)15-21(19,20)12-10(13)3-2-4-11(12)16(17)18;/h2-4,8-9,14-15H,5-7H2,1H3;1H. The van der Waals surface area contributed by atoms with E-state index in [1.165, 1.54) is 0 Å². The third kappa shape index (κ3) is 4.13. The molecule has 0 saturated carbocycles. The molecule has 1 aliphatic heterocycles. The van der Waals surface area contributed by atoms with Gasteiger partial charge in [0.05, 0.1) is 4.92 Å². The fourth-order valence-corrected chi connectivity index (χ4v) is 3.94. The summed E-state index contributed by atoms with van der Waals surface area (Å²) in [6.07, 6.45) is 1.09. The third-order valence-corrected chi connectivity index (χ3v) is 4.94. The molecule has 0 radical (unpaired) electrons. The van der Waals surface area contributed by atoms with E-state index >= 15 is 0 Å². The topological polar surface area (TPSA) is 101 Å². The quantitative estimate of drug-likeness (QED) is 0.632. The predicted octanol–water partition coefficient (Wildman–Crippen LogP) is 1.57. The van der Waals surface area contributed by atoms with Gasteiger partial charge in [0.2, 0.25) is 0 Å². The number of nitro benzene ring substituents is 1. The summed E-state index contributed by atoms with van der Waals surface area (Å²) in [5.74, 6) is -1.13. The van der Waals surface area contributed by atoms with Crippen molar-refractivity contribution in [3.63, 3.8) is 0 Å². The van der Waals surface area contributed by atoms with Crippen LogP contribution < -0.4 is 10.0 Å². The molecule has 2 rings (SSSR count). The van der Waals surface area contributed by atoms with E-state index in [-0.39, 0.29) is 24.5 Å². The Balaban J connectivity index is 0.00000242. The summed E-state index contributed by atoms with van der Waals surface area (Å²) >= 11 is 0. The van der Waals surface area contributed by atoms with Crippen LogP contribution in [0.3, 0.4) is 0 Å². The van der Waals surface area contributed by atoms with Gasteiger partial charge in [0.1, 0.15) is 5.82 Å². The second kappa shape index (κ2) is 7.32. The fourth-order valence-electron chi connectivity index (χ4n) is 2.42. The van der Waals surface area contributed by atoms with Gasteiger partial charge in [-0.05, 0) is 32.4 Å². The number of sulfonamides is 1. The highest BCUT2D eigenvalue weighted by molar-refractivity contribution is 7.89. The van der Waals surface area contributed by atoms with Gasteiger partial charge in [-0.2, -0.15) is 0 Å². The SMILES string of the molecule is CC1CC(NS(=O)(=O)c2c(F)cccc2[N+](=O)[O-])CCN1.Cl. The fraction of sp³-hybridized carbons (Fsp3) is 0.500. The monoisotopic (exact) mass is 353 g/mol. The van der Waals surface area contributed by atoms with Crippen LogP contribution in [-0.4, -0.2) is 32.0 Å². The van der Waals surface area contributed by atoms with Crippen molar-refractivity contribution < 1.29 is 17.7 Å². The Morgan fingerprint density at radius 2 is 2.14 bits per heavy atom. The largest absolute Gasteiger partial charge is 0.314 e. The van der Waals surface area contributed by atoms with E-state index in [1.807, 2.05) is 6.92 Å². The molecule has 1 saturated heterocycles. The Hall–Kier alpha value is -1.29. The minimum absolute atomic E-state index is 0. The molecule has 1 heterocycles. The van der Waals surface area contributed by atoms with Crippen molar-refractivity contribution in [1.82, 2.24) is 10.0 Å². The van der Waals surface area contributed by atoms with Crippen molar-refractivity contribution in [1.29, 1.82) is 0 Å². The Morgan fingerprint density at radius 1 is 1.45 bits per heavy atom. The van der Waals surface area contributed by atoms with Gasteiger partial charge >= 0.3 is 0 Å². The molecule has 2 N–H and O–H groups in total. The molecule has 124 valence electrons. The van der Waals surface area contributed by atoms with E-state index in [0.29, 0.717) is 19.4 Å². The molecule has 10 heteroatoms. The number of hydrogen-bond acceptors (Lipinski definition) is 5. The molecule has 1 aromatic rings. The lowest BCUT2D eigenvalue weighted by atomic mass is 10.0. The average molecular weight is 354 g/mol. The van der Waals surface area contributed by atoms with Crippen molar-refractivity contribution in [2.45, 2.75) is 36.7 Å². The van der Waals surface area contributed by atoms with Crippen LogP contribution in [0.2, 0.25) is 0 Å². The minimum atomic E-state index is -4.28. The van der Waals surface area contributed by atoms with Crippen LogP contribution in [0.25, 0.3) is 0 Å². The number of piperidine rings is 1. The van der Waals surface area contributed by atoms with E-state index in [1.54, 1.807) is 0 Å². The number of hydrogen-bond donors (Lipinski definition) is 2. The first-order valence-corrected chi connectivity index (χ1v) is 7.98. The highest BCUT2D eigenvalue weighted by atomic mass is 35.5. The van der Waals surface area contributed by atoms with Crippen molar-refractivity contribution in [3.05, 3.63) is 34.1 Å². The third-order valence-electron chi connectivity index (χ3n) is 3.36. The average Bonchev–Trinajstić information content (AvgIpc) is 2.37. The lowest BCUT2D eigenvalue weighted by Crippen LogP contribution is -2.46. The van der Waals surface area contributed by atoms with Crippen LogP contribution in [0.4, 0.5) is 10.1 Å². The molecule has 0 aliphatic carbocycles. The molecular weight excluding hydrogens is 337 g/mol. The zero-order valence-electron chi connectivity index (χ0n) is 11.8. The van der Waals surface area contributed by atoms with Gasteiger partial charge in [-0.1, -0.05) is 6.07 Å². The second-order valence-corrected chi connectivity index (χ2v) is 6.69. The highest BCUT2D eigenvalue weighted by Gasteiger charge is 2.32. The lowest BCUT2D eigenvalue weighted by molar-refractivity contribution is -0.388. The summed E-state index contributed by atoms with van der Waals surface area (Å²) in [7, 11) is -4.28. The van der Waals surface area contributed by atoms with Gasteiger partial charge in [-0.15, -0.1) is 12.4 Å². The summed E-state index contributed by atoms with van der Waals surface area (Å²) in [6.45, 7) is 2.54. The molecule has 1 aromatic carbocycles. The number of nitrogens with one attached hydrogen (secondary N) is 2. The maximum absolute atomic E-state index is 13.8. The smallest absolute Gasteiger partial charge is 0.292 e. The maximum Gasteiger partial charge on any atom is 0.292 e. The van der Waals surface area contributed by atoms with E-state index in [0.717, 1.165) is 18.2 Å². The summed E-state index contributed by atoms with van der Waals surface area (Å²) in [5.41, 5.74) is -0.760. The normalized spacial score (nSPS) is 21.9. The number of nitrogens with zero attached hydrogens (tertiary/aromatic N) is 1. The Morgan fingerprint density at radius 3 is 2.73 bits per heavy atom. The van der Waals surface area contributed by atoms with Crippen molar-refractivity contribution >= 4 is 28.1 Å². The first-order chi connectivity index (χ1) is 9.81. The predicted molar refractivity (Wildman–Crippen MR) is 81.1 cm³/mol. The molecule has 0 aromatic heterocycles. The molecule has 0 amide bonds. The van der Waals surface area contributed by atoms with Crippen molar-refractivity contribution in [2.24, 2.45) is 0 Å². The van der Waals surface area contributed by atoms with Crippen LogP contribution in [0, 0.1) is 15.9 Å². The second-order valence-electron chi connectivity index (χ2n) is 5.04. The Labute approximate surface area is 133 Å². The summed E-state index contributed by atoms with van der Waals surface area (Å²) in [5, 5.41) is 14.1. The lowest BCUT2D eigenvalue weighted by Gasteiger charge is -2.28. The molecule has 1 fully saturated rings. The maximum atomic E-state index is 13.8. The van der Waals surface area contributed by atoms with Crippen molar-refractivity contribution in [2.75, 3.05) is 6.54 Å². The number of rotatable bonds is 4. The Kier molecular flexibility index (Phi) is 6.24. The first-order valence-electron chi connectivity index (χ1n) is 6.50. The number of nitro groups is 1. The molecule has 2 atom stereocenters. The zero-order valence-corrected chi connectivity index (χ0v) is 13.4. The molecular formula is C12H17ClFN3O4S. The molecule has 0 spiro atoms. The number of benzene rings is 1. The van der Waals surface area contributed by atoms with Gasteiger partial charge in [0.25, 0.3) is 15.7 Å². The molecule has 22 heavy (non-hydrogen) atoms. The molecule has 1 aliphatic rings. The molecule has 2 unspecified atom stereocenters. The van der Waals surface area contributed by atoms with Crippen LogP contribution in [-0.2, 0) is 10.0 Å². The van der Waals surface area contributed by atoms with E-state index in [4.69, 9.17) is 0 Å². The summed E-state index contributed by atoms with van der Waals surface area (Å²) in [4.78, 5) is 9.10. The van der Waals surface area contributed by atoms with Crippen LogP contribution in [0.15, 0.2) is 23.1 Å². The summed E-state index contributed by atoms with van der Waals surface area (Å²) < 4.78 is 40.7. The van der Waals surface area contributed by atoms with Gasteiger partial charge in [-0.25, -0.2) is 17.5 Å². The van der Waals surface area contributed by atoms with Gasteiger partial charge in [0, 0.05) is 18.2 Å². The van der Waals surface area contributed by atoms with E-state index in [9.17, 15) is 22.9 Å². The van der Waals surface area contributed by atoms with Crippen molar-refractivity contribution in [3.8, 4) is 0 Å². The van der Waals surface area contributed by atoms with Gasteiger partial charge < -0.3 is 5.32 Å². The van der Waals surface area contributed by atoms with Crippen LogP contribution >= 0.6 is 12.4 Å². The first kappa shape index (κ1) is 18.8. The zero-order chi connectivity index (χ0) is 15.6. The van der Waals surface area contributed by atoms with Crippen LogP contribution in [0.1, 0.15) is 19.8 Å². The summed E-state index contributed by atoms with van der Waals surface area (Å²) in [6, 6.07) is 2.74. The Bertz CT molecular complexity index is 656. The van der Waals surface area contributed by atoms with Crippen LogP contribution in [0.5, 0.6) is 0 Å². The van der Waals surface area contributed by atoms with Gasteiger partial charge in [0.15, 0.2) is 4.90 Å². The van der Waals surface area contributed by atoms with E-state index < -0.39 is 31.3 Å². The van der Waals surface area contributed by atoms with Gasteiger partial charge in [-0.3, -0.25) is 10.1 Å². The number of halogens is 2. The molecule has 0 bridgehead atoms.